The molecule has 7 heteroatoms. The van der Waals surface area contributed by atoms with Crippen molar-refractivity contribution in [1.82, 2.24) is 4.90 Å². The summed E-state index contributed by atoms with van der Waals surface area (Å²) in [5.41, 5.74) is 0.722. The number of amides is 2. The lowest BCUT2D eigenvalue weighted by Crippen LogP contribution is -2.36. The first-order valence-corrected chi connectivity index (χ1v) is 7.91. The minimum absolute atomic E-state index is 0.0975. The number of carbonyl (C=O) groups excluding carboxylic acids is 2. The first kappa shape index (κ1) is 15.8. The van der Waals surface area contributed by atoms with Gasteiger partial charge in [-0.3, -0.25) is 14.4 Å². The highest BCUT2D eigenvalue weighted by molar-refractivity contribution is 6.30. The summed E-state index contributed by atoms with van der Waals surface area (Å²) in [6.45, 7) is 1.01. The summed E-state index contributed by atoms with van der Waals surface area (Å²) >= 11 is 5.85. The van der Waals surface area contributed by atoms with Gasteiger partial charge in [0, 0.05) is 36.8 Å². The molecule has 1 aromatic carbocycles. The van der Waals surface area contributed by atoms with E-state index in [4.69, 9.17) is 16.7 Å². The van der Waals surface area contributed by atoms with E-state index in [1.165, 1.54) is 0 Å². The molecule has 6 nitrogen and oxygen atoms in total. The van der Waals surface area contributed by atoms with E-state index in [2.05, 4.69) is 0 Å². The first-order valence-electron chi connectivity index (χ1n) is 7.53. The van der Waals surface area contributed by atoms with E-state index in [0.717, 1.165) is 5.69 Å². The van der Waals surface area contributed by atoms with Gasteiger partial charge in [0.1, 0.15) is 0 Å². The van der Waals surface area contributed by atoms with Gasteiger partial charge in [0.15, 0.2) is 0 Å². The molecule has 2 fully saturated rings. The van der Waals surface area contributed by atoms with E-state index in [0.29, 0.717) is 24.5 Å². The van der Waals surface area contributed by atoms with Gasteiger partial charge in [-0.15, -0.1) is 0 Å². The van der Waals surface area contributed by atoms with Gasteiger partial charge >= 0.3 is 5.97 Å². The third kappa shape index (κ3) is 3.17. The molecule has 23 heavy (non-hydrogen) atoms. The number of aliphatic carboxylic acids is 1. The van der Waals surface area contributed by atoms with E-state index < -0.39 is 17.8 Å². The van der Waals surface area contributed by atoms with Gasteiger partial charge in [-0.25, -0.2) is 0 Å². The monoisotopic (exact) mass is 336 g/mol. The predicted octanol–water partition coefficient (Wildman–Crippen LogP) is 1.63. The maximum Gasteiger partial charge on any atom is 0.308 e. The summed E-state index contributed by atoms with van der Waals surface area (Å²) < 4.78 is 0. The molecule has 2 aliphatic heterocycles. The van der Waals surface area contributed by atoms with Crippen LogP contribution in [0.3, 0.4) is 0 Å². The summed E-state index contributed by atoms with van der Waals surface area (Å²) in [6.07, 6.45) is 0.637. The van der Waals surface area contributed by atoms with Crippen LogP contribution in [0.25, 0.3) is 0 Å². The molecule has 1 N–H and O–H groups in total. The van der Waals surface area contributed by atoms with Crippen LogP contribution in [-0.2, 0) is 14.4 Å². The molecule has 0 aliphatic carbocycles. The Labute approximate surface area is 138 Å². The molecule has 2 saturated heterocycles. The van der Waals surface area contributed by atoms with Crippen LogP contribution in [0.15, 0.2) is 24.3 Å². The molecule has 2 heterocycles. The Morgan fingerprint density at radius 1 is 1.13 bits per heavy atom. The molecule has 2 aliphatic rings. The number of carboxylic acid groups (broad SMARTS) is 1. The fourth-order valence-corrected chi connectivity index (χ4v) is 3.29. The largest absolute Gasteiger partial charge is 0.481 e. The van der Waals surface area contributed by atoms with Gasteiger partial charge in [-0.2, -0.15) is 0 Å². The fourth-order valence-electron chi connectivity index (χ4n) is 3.16. The summed E-state index contributed by atoms with van der Waals surface area (Å²) in [7, 11) is 0. The molecular weight excluding hydrogens is 320 g/mol. The number of hydrogen-bond donors (Lipinski definition) is 1. The number of anilines is 1. The van der Waals surface area contributed by atoms with Crippen LogP contribution in [-0.4, -0.2) is 47.4 Å². The van der Waals surface area contributed by atoms with Crippen LogP contribution >= 0.6 is 11.6 Å². The molecule has 0 unspecified atom stereocenters. The van der Waals surface area contributed by atoms with E-state index in [1.807, 2.05) is 0 Å². The predicted molar refractivity (Wildman–Crippen MR) is 84.2 cm³/mol. The molecule has 0 radical (unpaired) electrons. The van der Waals surface area contributed by atoms with Crippen molar-refractivity contribution < 1.29 is 19.5 Å². The van der Waals surface area contributed by atoms with Crippen LogP contribution in [0, 0.1) is 11.8 Å². The van der Waals surface area contributed by atoms with Gasteiger partial charge in [-0.1, -0.05) is 11.6 Å². The zero-order chi connectivity index (χ0) is 16.6. The van der Waals surface area contributed by atoms with E-state index in [9.17, 15) is 14.4 Å². The van der Waals surface area contributed by atoms with Crippen molar-refractivity contribution in [3.8, 4) is 0 Å². The minimum atomic E-state index is -0.870. The van der Waals surface area contributed by atoms with Gasteiger partial charge < -0.3 is 14.9 Å². The third-order valence-electron chi connectivity index (χ3n) is 4.46. The summed E-state index contributed by atoms with van der Waals surface area (Å²) in [5, 5.41) is 9.61. The smallest absolute Gasteiger partial charge is 0.308 e. The molecule has 1 aromatic rings. The second-order valence-corrected chi connectivity index (χ2v) is 6.43. The Balaban J connectivity index is 1.66. The highest BCUT2D eigenvalue weighted by Gasteiger charge is 2.40. The SMILES string of the molecule is O=C(O)[C@H]1CCN(C(=O)[C@@H]2CC(=O)N(c3ccc(Cl)cc3)C2)C1. The van der Waals surface area contributed by atoms with Crippen molar-refractivity contribution >= 4 is 35.1 Å². The fraction of sp³-hybridized carbons (Fsp3) is 0.438. The van der Waals surface area contributed by atoms with Crippen LogP contribution in [0.5, 0.6) is 0 Å². The number of halogens is 1. The van der Waals surface area contributed by atoms with Crippen molar-refractivity contribution in [3.05, 3.63) is 29.3 Å². The van der Waals surface area contributed by atoms with Crippen molar-refractivity contribution in [2.45, 2.75) is 12.8 Å². The Morgan fingerprint density at radius 3 is 2.43 bits per heavy atom. The van der Waals surface area contributed by atoms with Crippen molar-refractivity contribution in [3.63, 3.8) is 0 Å². The number of hydrogen-bond acceptors (Lipinski definition) is 3. The van der Waals surface area contributed by atoms with Gasteiger partial charge in [-0.05, 0) is 30.7 Å². The molecule has 3 rings (SSSR count). The average Bonchev–Trinajstić information content (AvgIpc) is 3.14. The van der Waals surface area contributed by atoms with Crippen LogP contribution in [0.2, 0.25) is 5.02 Å². The number of rotatable bonds is 3. The number of carbonyl (C=O) groups is 3. The van der Waals surface area contributed by atoms with Gasteiger partial charge in [0.2, 0.25) is 11.8 Å². The number of benzene rings is 1. The summed E-state index contributed by atoms with van der Waals surface area (Å²) in [5.74, 6) is -2.00. The third-order valence-corrected chi connectivity index (χ3v) is 4.71. The van der Waals surface area contributed by atoms with E-state index in [1.54, 1.807) is 34.1 Å². The highest BCUT2D eigenvalue weighted by Crippen LogP contribution is 2.29. The molecular formula is C16H17ClN2O4. The minimum Gasteiger partial charge on any atom is -0.481 e. The molecule has 0 aromatic heterocycles. The average molecular weight is 337 g/mol. The maximum absolute atomic E-state index is 12.5. The standard InChI is InChI=1S/C16H17ClN2O4/c17-12-1-3-13(4-2-12)19-9-11(7-14(19)20)15(21)18-6-5-10(8-18)16(22)23/h1-4,10-11H,5-9H2,(H,22,23)/t10-,11+/m0/s1. The topological polar surface area (TPSA) is 77.9 Å². The maximum atomic E-state index is 12.5. The second kappa shape index (κ2) is 6.20. The Hall–Kier alpha value is -2.08. The van der Waals surface area contributed by atoms with Crippen LogP contribution < -0.4 is 4.90 Å². The van der Waals surface area contributed by atoms with E-state index in [-0.39, 0.29) is 24.8 Å². The molecule has 0 spiro atoms. The van der Waals surface area contributed by atoms with Gasteiger partial charge in [0.25, 0.3) is 0 Å². The summed E-state index contributed by atoms with van der Waals surface area (Å²) in [6, 6.07) is 6.92. The van der Waals surface area contributed by atoms with Crippen molar-refractivity contribution in [2.75, 3.05) is 24.5 Å². The lowest BCUT2D eigenvalue weighted by atomic mass is 10.1. The molecule has 2 atom stereocenters. The number of nitrogens with zero attached hydrogens (tertiary/aromatic N) is 2. The first-order chi connectivity index (χ1) is 11.0. The van der Waals surface area contributed by atoms with Crippen molar-refractivity contribution in [1.29, 1.82) is 0 Å². The zero-order valence-electron chi connectivity index (χ0n) is 12.4. The highest BCUT2D eigenvalue weighted by atomic mass is 35.5. The van der Waals surface area contributed by atoms with Gasteiger partial charge in [0.05, 0.1) is 11.8 Å². The van der Waals surface area contributed by atoms with Crippen LogP contribution in [0.4, 0.5) is 5.69 Å². The molecule has 0 saturated carbocycles. The summed E-state index contributed by atoms with van der Waals surface area (Å²) in [4.78, 5) is 38.9. The Bertz CT molecular complexity index is 646. The van der Waals surface area contributed by atoms with E-state index >= 15 is 0 Å². The molecule has 0 bridgehead atoms. The molecule has 122 valence electrons. The quantitative estimate of drug-likeness (QED) is 0.910. The Kier molecular flexibility index (Phi) is 4.26. The normalized spacial score (nSPS) is 24.3. The molecule has 2 amide bonds. The lowest BCUT2D eigenvalue weighted by molar-refractivity contribution is -0.141. The zero-order valence-corrected chi connectivity index (χ0v) is 13.2. The number of likely N-dealkylation sites (tertiary alicyclic amines) is 1. The Morgan fingerprint density at radius 2 is 1.83 bits per heavy atom. The van der Waals surface area contributed by atoms with Crippen LogP contribution in [0.1, 0.15) is 12.8 Å². The lowest BCUT2D eigenvalue weighted by Gasteiger charge is -2.21. The second-order valence-electron chi connectivity index (χ2n) is 5.99. The van der Waals surface area contributed by atoms with Crippen molar-refractivity contribution in [2.24, 2.45) is 11.8 Å². The number of carboxylic acids is 1.